The SMILES string of the molecule is Cc1cnc(N2CC[C@H](S(=O)O)N(C(=O)CN)CC2C)c2ccccc12. The van der Waals surface area contributed by atoms with Gasteiger partial charge in [0.15, 0.2) is 11.1 Å². The van der Waals surface area contributed by atoms with Crippen molar-refractivity contribution in [2.24, 2.45) is 5.73 Å². The van der Waals surface area contributed by atoms with E-state index in [0.29, 0.717) is 19.5 Å². The molecule has 1 aromatic carbocycles. The molecule has 7 nitrogen and oxygen atoms in total. The number of pyridine rings is 1. The molecule has 0 radical (unpaired) electrons. The fraction of sp³-hybridized carbons (Fsp3) is 0.444. The molecule has 1 saturated heterocycles. The number of fused-ring (bicyclic) bond motifs is 1. The van der Waals surface area contributed by atoms with Crippen molar-refractivity contribution in [3.8, 4) is 0 Å². The van der Waals surface area contributed by atoms with Crippen LogP contribution in [0.2, 0.25) is 0 Å². The molecule has 3 N–H and O–H groups in total. The van der Waals surface area contributed by atoms with E-state index in [2.05, 4.69) is 16.0 Å². The first-order valence-electron chi connectivity index (χ1n) is 8.64. The maximum absolute atomic E-state index is 12.2. The van der Waals surface area contributed by atoms with Crippen molar-refractivity contribution in [1.29, 1.82) is 0 Å². The Morgan fingerprint density at radius 2 is 2.08 bits per heavy atom. The molecule has 1 aliphatic heterocycles. The van der Waals surface area contributed by atoms with Gasteiger partial charge in [-0.15, -0.1) is 0 Å². The normalized spacial score (nSPS) is 22.3. The number of aromatic nitrogens is 1. The fourth-order valence-corrected chi connectivity index (χ4v) is 4.31. The Morgan fingerprint density at radius 3 is 2.73 bits per heavy atom. The van der Waals surface area contributed by atoms with Crippen LogP contribution in [0.4, 0.5) is 5.82 Å². The summed E-state index contributed by atoms with van der Waals surface area (Å²) in [5, 5.41) is 1.42. The molecule has 1 aromatic heterocycles. The largest absolute Gasteiger partial charge is 0.352 e. The number of hydrogen-bond acceptors (Lipinski definition) is 5. The number of carbonyl (C=O) groups excluding carboxylic acids is 1. The maximum Gasteiger partial charge on any atom is 0.237 e. The molecule has 0 aliphatic carbocycles. The molecule has 2 unspecified atom stereocenters. The van der Waals surface area contributed by atoms with Crippen molar-refractivity contribution in [1.82, 2.24) is 9.88 Å². The number of carbonyl (C=O) groups is 1. The Labute approximate surface area is 155 Å². The van der Waals surface area contributed by atoms with Crippen LogP contribution in [0.1, 0.15) is 18.9 Å². The first kappa shape index (κ1) is 18.8. The van der Waals surface area contributed by atoms with Gasteiger partial charge in [0.05, 0.1) is 6.54 Å². The van der Waals surface area contributed by atoms with Crippen LogP contribution in [-0.4, -0.2) is 55.6 Å². The van der Waals surface area contributed by atoms with Crippen molar-refractivity contribution in [3.63, 3.8) is 0 Å². The van der Waals surface area contributed by atoms with Gasteiger partial charge < -0.3 is 20.1 Å². The molecule has 2 heterocycles. The number of hydrogen-bond donors (Lipinski definition) is 2. The van der Waals surface area contributed by atoms with Gasteiger partial charge in [-0.05, 0) is 31.2 Å². The van der Waals surface area contributed by atoms with Crippen LogP contribution in [0.3, 0.4) is 0 Å². The van der Waals surface area contributed by atoms with E-state index in [0.717, 1.165) is 22.2 Å². The van der Waals surface area contributed by atoms with Crippen LogP contribution in [0.15, 0.2) is 30.5 Å². The molecule has 140 valence electrons. The highest BCUT2D eigenvalue weighted by Crippen LogP contribution is 2.30. The molecule has 3 rings (SSSR count). The summed E-state index contributed by atoms with van der Waals surface area (Å²) in [6.07, 6.45) is 2.23. The van der Waals surface area contributed by atoms with E-state index in [-0.39, 0.29) is 18.5 Å². The molecule has 3 atom stereocenters. The maximum atomic E-state index is 12.2. The second-order valence-electron chi connectivity index (χ2n) is 6.62. The van der Waals surface area contributed by atoms with Crippen molar-refractivity contribution in [2.75, 3.05) is 24.5 Å². The third kappa shape index (κ3) is 3.44. The molecular weight excluding hydrogens is 352 g/mol. The Hall–Kier alpha value is -2.03. The molecule has 1 fully saturated rings. The summed E-state index contributed by atoms with van der Waals surface area (Å²) in [5.74, 6) is 0.524. The Bertz CT molecular complexity index is 844. The number of benzene rings is 1. The lowest BCUT2D eigenvalue weighted by atomic mass is 10.1. The summed E-state index contributed by atoms with van der Waals surface area (Å²) in [7, 11) is 0. The molecule has 26 heavy (non-hydrogen) atoms. The van der Waals surface area contributed by atoms with Crippen LogP contribution in [0.25, 0.3) is 10.8 Å². The zero-order valence-corrected chi connectivity index (χ0v) is 15.8. The lowest BCUT2D eigenvalue weighted by molar-refractivity contribution is -0.130. The Morgan fingerprint density at radius 1 is 1.38 bits per heavy atom. The van der Waals surface area contributed by atoms with E-state index in [4.69, 9.17) is 5.73 Å². The highest BCUT2D eigenvalue weighted by atomic mass is 32.2. The zero-order valence-electron chi connectivity index (χ0n) is 15.0. The first-order valence-corrected chi connectivity index (χ1v) is 9.81. The Balaban J connectivity index is 2.01. The van der Waals surface area contributed by atoms with E-state index in [1.807, 2.05) is 38.2 Å². The van der Waals surface area contributed by atoms with E-state index < -0.39 is 16.5 Å². The topological polar surface area (TPSA) is 99.8 Å². The number of nitrogens with two attached hydrogens (primary N) is 1. The zero-order chi connectivity index (χ0) is 18.8. The lowest BCUT2D eigenvalue weighted by Crippen LogP contribution is -2.48. The van der Waals surface area contributed by atoms with Crippen LogP contribution >= 0.6 is 0 Å². The van der Waals surface area contributed by atoms with Gasteiger partial charge in [-0.1, -0.05) is 24.3 Å². The molecule has 0 bridgehead atoms. The predicted octanol–water partition coefficient (Wildman–Crippen LogP) is 1.48. The van der Waals surface area contributed by atoms with E-state index in [1.54, 1.807) is 0 Å². The highest BCUT2D eigenvalue weighted by molar-refractivity contribution is 7.79. The summed E-state index contributed by atoms with van der Waals surface area (Å²) >= 11 is -2.13. The first-order chi connectivity index (χ1) is 12.4. The molecule has 1 amide bonds. The van der Waals surface area contributed by atoms with Crippen molar-refractivity contribution in [3.05, 3.63) is 36.0 Å². The van der Waals surface area contributed by atoms with Crippen LogP contribution < -0.4 is 10.6 Å². The van der Waals surface area contributed by atoms with Gasteiger partial charge in [0, 0.05) is 30.7 Å². The number of rotatable bonds is 3. The smallest absolute Gasteiger partial charge is 0.237 e. The van der Waals surface area contributed by atoms with Crippen molar-refractivity contribution in [2.45, 2.75) is 31.7 Å². The summed E-state index contributed by atoms with van der Waals surface area (Å²) in [6, 6.07) is 8.02. The van der Waals surface area contributed by atoms with Crippen LogP contribution in [0, 0.1) is 6.92 Å². The average Bonchev–Trinajstić information content (AvgIpc) is 2.81. The summed E-state index contributed by atoms with van der Waals surface area (Å²) in [6.45, 7) is 4.71. The van der Waals surface area contributed by atoms with Crippen LogP contribution in [0.5, 0.6) is 0 Å². The second-order valence-corrected chi connectivity index (χ2v) is 7.72. The summed E-state index contributed by atoms with van der Waals surface area (Å²) in [5.41, 5.74) is 6.60. The molecule has 0 spiro atoms. The third-order valence-electron chi connectivity index (χ3n) is 4.93. The standard InChI is InChI=1S/C18H24N4O3S/c1-12-10-20-18(15-6-4-3-5-14(12)15)21-8-7-17(26(24)25)22(11-13(21)2)16(23)9-19/h3-6,10,13,17H,7-9,11,19H2,1-2H3,(H,24,25)/t13?,17-/m0/s1. The van der Waals surface area contributed by atoms with E-state index in [9.17, 15) is 13.6 Å². The monoisotopic (exact) mass is 376 g/mol. The molecular formula is C18H24N4O3S. The minimum atomic E-state index is -2.13. The molecule has 0 saturated carbocycles. The van der Waals surface area contributed by atoms with Gasteiger partial charge >= 0.3 is 0 Å². The fourth-order valence-electron chi connectivity index (χ4n) is 3.58. The minimum Gasteiger partial charge on any atom is -0.352 e. The number of anilines is 1. The van der Waals surface area contributed by atoms with Crippen molar-refractivity contribution < 1.29 is 13.6 Å². The Kier molecular flexibility index (Phi) is 5.55. The van der Waals surface area contributed by atoms with E-state index in [1.165, 1.54) is 4.90 Å². The quantitative estimate of drug-likeness (QED) is 0.787. The number of amides is 1. The third-order valence-corrected chi connectivity index (χ3v) is 5.89. The van der Waals surface area contributed by atoms with Crippen LogP contribution in [-0.2, 0) is 15.9 Å². The molecule has 2 aromatic rings. The van der Waals surface area contributed by atoms with Gasteiger partial charge in [-0.2, -0.15) is 0 Å². The summed E-state index contributed by atoms with van der Waals surface area (Å²) in [4.78, 5) is 20.4. The summed E-state index contributed by atoms with van der Waals surface area (Å²) < 4.78 is 21.5. The average molecular weight is 376 g/mol. The highest BCUT2D eigenvalue weighted by Gasteiger charge is 2.34. The van der Waals surface area contributed by atoms with Gasteiger partial charge in [-0.25, -0.2) is 9.19 Å². The van der Waals surface area contributed by atoms with Gasteiger partial charge in [-0.3, -0.25) is 4.79 Å². The predicted molar refractivity (Wildman–Crippen MR) is 103 cm³/mol. The number of nitrogens with zero attached hydrogens (tertiary/aromatic N) is 3. The number of aryl methyl sites for hydroxylation is 1. The van der Waals surface area contributed by atoms with Gasteiger partial charge in [0.2, 0.25) is 5.91 Å². The second kappa shape index (κ2) is 7.69. The van der Waals surface area contributed by atoms with Gasteiger partial charge in [0.25, 0.3) is 0 Å². The van der Waals surface area contributed by atoms with Gasteiger partial charge in [0.1, 0.15) is 11.2 Å². The molecule has 8 heteroatoms. The minimum absolute atomic E-state index is 0.0577. The van der Waals surface area contributed by atoms with E-state index >= 15 is 0 Å². The lowest BCUT2D eigenvalue weighted by Gasteiger charge is -2.31. The molecule has 1 aliphatic rings. The van der Waals surface area contributed by atoms with Crippen molar-refractivity contribution >= 4 is 33.6 Å².